The number of H-pyrrole nitrogens is 2. The van der Waals surface area contributed by atoms with Crippen molar-refractivity contribution in [2.75, 3.05) is 0 Å². The van der Waals surface area contributed by atoms with Gasteiger partial charge in [-0.3, -0.25) is 9.59 Å². The van der Waals surface area contributed by atoms with E-state index in [0.717, 1.165) is 35.9 Å². The zero-order valence-corrected chi connectivity index (χ0v) is 14.7. The van der Waals surface area contributed by atoms with Crippen molar-refractivity contribution >= 4 is 27.7 Å². The molecule has 0 unspecified atom stereocenters. The summed E-state index contributed by atoms with van der Waals surface area (Å²) in [7, 11) is 0. The van der Waals surface area contributed by atoms with Crippen molar-refractivity contribution in [3.8, 4) is 0 Å². The van der Waals surface area contributed by atoms with Crippen molar-refractivity contribution in [1.29, 1.82) is 0 Å². The molecule has 0 spiro atoms. The van der Waals surface area contributed by atoms with E-state index in [4.69, 9.17) is 0 Å². The van der Waals surface area contributed by atoms with E-state index in [9.17, 15) is 9.59 Å². The lowest BCUT2D eigenvalue weighted by molar-refractivity contribution is 0.0933. The highest BCUT2D eigenvalue weighted by atomic mass is 16.2. The predicted molar refractivity (Wildman–Crippen MR) is 106 cm³/mol. The van der Waals surface area contributed by atoms with Crippen LogP contribution in [0.25, 0.3) is 21.8 Å². The van der Waals surface area contributed by atoms with Crippen LogP contribution >= 0.6 is 0 Å². The van der Waals surface area contributed by atoms with Crippen LogP contribution in [0.5, 0.6) is 0 Å². The first kappa shape index (κ1) is 15.9. The van der Waals surface area contributed by atoms with E-state index in [1.165, 1.54) is 17.0 Å². The average molecular weight is 357 g/mol. The molecule has 4 aromatic rings. The molecule has 0 fully saturated rings. The third kappa shape index (κ3) is 2.63. The lowest BCUT2D eigenvalue weighted by Crippen LogP contribution is -2.31. The zero-order chi connectivity index (χ0) is 18.4. The molecule has 2 aromatic carbocycles. The van der Waals surface area contributed by atoms with Gasteiger partial charge >= 0.3 is 0 Å². The second kappa shape index (κ2) is 6.13. The highest BCUT2D eigenvalue weighted by Crippen LogP contribution is 2.34. The fourth-order valence-corrected chi connectivity index (χ4v) is 4.19. The Labute approximate surface area is 155 Å². The third-order valence-corrected chi connectivity index (χ3v) is 5.42. The molecule has 0 radical (unpaired) electrons. The summed E-state index contributed by atoms with van der Waals surface area (Å²) in [5, 5.41) is 5.13. The van der Waals surface area contributed by atoms with Gasteiger partial charge in [0.15, 0.2) is 0 Å². The van der Waals surface area contributed by atoms with Crippen molar-refractivity contribution in [3.05, 3.63) is 81.8 Å². The number of pyridine rings is 1. The Morgan fingerprint density at radius 2 is 1.67 bits per heavy atom. The number of nitrogens with one attached hydrogen (secondary N) is 3. The molecule has 0 saturated carbocycles. The maximum absolute atomic E-state index is 13.0. The number of aryl methyl sites for hydroxylation is 1. The van der Waals surface area contributed by atoms with Gasteiger partial charge in [0.1, 0.15) is 0 Å². The van der Waals surface area contributed by atoms with Gasteiger partial charge in [0.25, 0.3) is 5.91 Å². The Morgan fingerprint density at radius 3 is 2.48 bits per heavy atom. The molecule has 3 N–H and O–H groups in total. The monoisotopic (exact) mass is 357 g/mol. The molecule has 1 amide bonds. The Kier molecular flexibility index (Phi) is 3.60. The van der Waals surface area contributed by atoms with Crippen LogP contribution < -0.4 is 10.9 Å². The average Bonchev–Trinajstić information content (AvgIpc) is 3.07. The van der Waals surface area contributed by atoms with Crippen molar-refractivity contribution in [2.45, 2.75) is 25.3 Å². The number of hydrogen-bond donors (Lipinski definition) is 3. The number of carbonyl (C=O) groups is 1. The number of rotatable bonds is 2. The molecular weight excluding hydrogens is 338 g/mol. The summed E-state index contributed by atoms with van der Waals surface area (Å²) < 4.78 is 0. The number of carbonyl (C=O) groups excluding carboxylic acids is 1. The Balaban J connectivity index is 1.54. The smallest absolute Gasteiger partial charge is 0.252 e. The fourth-order valence-electron chi connectivity index (χ4n) is 4.19. The Hall–Kier alpha value is -3.34. The first-order valence-electron chi connectivity index (χ1n) is 9.23. The molecule has 1 aliphatic carbocycles. The van der Waals surface area contributed by atoms with E-state index < -0.39 is 0 Å². The first-order chi connectivity index (χ1) is 13.2. The topological polar surface area (TPSA) is 77.8 Å². The van der Waals surface area contributed by atoms with Crippen LogP contribution in [-0.4, -0.2) is 15.9 Å². The third-order valence-electron chi connectivity index (χ3n) is 5.42. The van der Waals surface area contributed by atoms with E-state index in [2.05, 4.69) is 27.4 Å². The maximum atomic E-state index is 13.0. The number of amides is 1. The van der Waals surface area contributed by atoms with Gasteiger partial charge < -0.3 is 15.3 Å². The van der Waals surface area contributed by atoms with E-state index in [-0.39, 0.29) is 17.5 Å². The second-order valence-electron chi connectivity index (χ2n) is 7.07. The molecule has 5 heteroatoms. The molecule has 1 aliphatic rings. The van der Waals surface area contributed by atoms with Gasteiger partial charge in [0.2, 0.25) is 5.56 Å². The number of hydrogen-bond acceptors (Lipinski definition) is 2. The van der Waals surface area contributed by atoms with E-state index in [1.807, 2.05) is 36.4 Å². The van der Waals surface area contributed by atoms with Gasteiger partial charge in [-0.25, -0.2) is 0 Å². The lowest BCUT2D eigenvalue weighted by atomic mass is 9.91. The van der Waals surface area contributed by atoms with Crippen LogP contribution in [-0.2, 0) is 6.42 Å². The number of aromatic nitrogens is 2. The summed E-state index contributed by atoms with van der Waals surface area (Å²) in [6, 6.07) is 16.9. The zero-order valence-electron chi connectivity index (χ0n) is 14.7. The molecule has 0 bridgehead atoms. The van der Waals surface area contributed by atoms with Crippen LogP contribution in [0, 0.1) is 0 Å². The van der Waals surface area contributed by atoms with Gasteiger partial charge in [-0.15, -0.1) is 0 Å². The summed E-state index contributed by atoms with van der Waals surface area (Å²) >= 11 is 0. The fraction of sp³-hybridized carbons (Fsp3) is 0.182. The lowest BCUT2D eigenvalue weighted by Gasteiger charge is -2.24. The van der Waals surface area contributed by atoms with Gasteiger partial charge in [0.05, 0.1) is 11.6 Å². The van der Waals surface area contributed by atoms with Crippen LogP contribution in [0.2, 0.25) is 0 Å². The second-order valence-corrected chi connectivity index (χ2v) is 7.07. The van der Waals surface area contributed by atoms with Crippen LogP contribution in [0.4, 0.5) is 0 Å². The Morgan fingerprint density at radius 1 is 0.963 bits per heavy atom. The van der Waals surface area contributed by atoms with E-state index >= 15 is 0 Å². The Bertz CT molecular complexity index is 1240. The molecular formula is C22H19N3O2. The minimum Gasteiger partial charge on any atom is -0.356 e. The van der Waals surface area contributed by atoms with E-state index in [0.29, 0.717) is 11.1 Å². The maximum Gasteiger partial charge on any atom is 0.252 e. The number of para-hydroxylation sites is 2. The SMILES string of the molecule is O=C(N[C@H]1CCCc2c1[nH]c1ccccc21)c1cc(=O)[nH]c2ccccc12. The molecule has 0 saturated heterocycles. The number of benzene rings is 2. The summed E-state index contributed by atoms with van der Waals surface area (Å²) in [4.78, 5) is 31.3. The molecule has 27 heavy (non-hydrogen) atoms. The van der Waals surface area contributed by atoms with Crippen molar-refractivity contribution < 1.29 is 4.79 Å². The highest BCUT2D eigenvalue weighted by Gasteiger charge is 2.26. The highest BCUT2D eigenvalue weighted by molar-refractivity contribution is 6.06. The van der Waals surface area contributed by atoms with Crippen LogP contribution in [0.15, 0.2) is 59.4 Å². The summed E-state index contributed by atoms with van der Waals surface area (Å²) in [5.41, 5.74) is 4.30. The summed E-state index contributed by atoms with van der Waals surface area (Å²) in [6.07, 6.45) is 2.92. The summed E-state index contributed by atoms with van der Waals surface area (Å²) in [5.74, 6) is -0.214. The normalized spacial score (nSPS) is 16.4. The first-order valence-corrected chi connectivity index (χ1v) is 9.23. The molecule has 0 aliphatic heterocycles. The van der Waals surface area contributed by atoms with E-state index in [1.54, 1.807) is 0 Å². The molecule has 2 heterocycles. The summed E-state index contributed by atoms with van der Waals surface area (Å²) in [6.45, 7) is 0. The van der Waals surface area contributed by atoms with Gasteiger partial charge in [-0.05, 0) is 37.0 Å². The molecule has 5 rings (SSSR count). The minimum atomic E-state index is -0.270. The van der Waals surface area contributed by atoms with Crippen molar-refractivity contribution in [1.82, 2.24) is 15.3 Å². The predicted octanol–water partition coefficient (Wildman–Crippen LogP) is 3.82. The van der Waals surface area contributed by atoms with Gasteiger partial charge in [0, 0.05) is 33.6 Å². The molecule has 1 atom stereocenters. The van der Waals surface area contributed by atoms with Crippen molar-refractivity contribution in [3.63, 3.8) is 0 Å². The minimum absolute atomic E-state index is 0.0771. The van der Waals surface area contributed by atoms with Crippen LogP contribution in [0.3, 0.4) is 0 Å². The molecule has 5 nitrogen and oxygen atoms in total. The molecule has 2 aromatic heterocycles. The molecule has 134 valence electrons. The quantitative estimate of drug-likeness (QED) is 0.510. The number of fused-ring (bicyclic) bond motifs is 4. The number of aromatic amines is 2. The largest absolute Gasteiger partial charge is 0.356 e. The van der Waals surface area contributed by atoms with Crippen LogP contribution in [0.1, 0.15) is 40.5 Å². The van der Waals surface area contributed by atoms with Gasteiger partial charge in [-0.2, -0.15) is 0 Å². The van der Waals surface area contributed by atoms with Crippen molar-refractivity contribution in [2.24, 2.45) is 0 Å². The standard InChI is InChI=1S/C22H19N3O2/c26-20-12-16(14-7-2-3-9-17(14)23-20)22(27)25-19-11-5-8-15-13-6-1-4-10-18(13)24-21(15)19/h1-4,6-7,9-10,12,19,24H,5,8,11H2,(H,23,26)(H,25,27)/t19-/m0/s1. The van der Waals surface area contributed by atoms with Gasteiger partial charge in [-0.1, -0.05) is 36.4 Å².